The Hall–Kier alpha value is -7.20. The normalized spacial score (nSPS) is 13.6. The summed E-state index contributed by atoms with van der Waals surface area (Å²) in [6, 6.07) is 67.2. The lowest BCUT2D eigenvalue weighted by Crippen LogP contribution is -2.28. The number of fused-ring (bicyclic) bond motifs is 6. The molecule has 1 aromatic heterocycles. The van der Waals surface area contributed by atoms with Crippen LogP contribution >= 0.6 is 11.3 Å². The van der Waals surface area contributed by atoms with Crippen LogP contribution in [0.25, 0.3) is 58.9 Å². The molecule has 1 aliphatic carbocycles. The second-order valence-electron chi connectivity index (χ2n) is 15.2. The molecule has 9 aromatic rings. The van der Waals surface area contributed by atoms with Crippen molar-refractivity contribution in [1.82, 2.24) is 0 Å². The molecular formula is C57H42N2S. The molecule has 0 fully saturated rings. The highest BCUT2D eigenvalue weighted by molar-refractivity contribution is 7.26. The molecule has 0 atom stereocenters. The maximum Gasteiger partial charge on any atom is 0.160 e. The standard InChI is InChI=1S/C57H42N2S/c1-3-53(43-23-11-6-12-24-43)59-57(58-38(2)39-33-35-41(36-34-39)40-19-7-4-8-20-40)52-37-54-55(49-28-16-15-27-48(49)52)51-32-18-31-50(56(51)60-54)47-30-17-29-44(42-21-9-5-10-22-42)45-25-13-14-26-46(45)47/h3-29,31-37H,30H2,1-2H3/b53-3-,58-38?,59-57?. The third-order valence-corrected chi connectivity index (χ3v) is 12.7. The molecule has 286 valence electrons. The summed E-state index contributed by atoms with van der Waals surface area (Å²) in [6.07, 6.45) is 7.57. The third-order valence-electron chi connectivity index (χ3n) is 11.6. The van der Waals surface area contributed by atoms with Crippen molar-refractivity contribution >= 4 is 70.7 Å². The lowest BCUT2D eigenvalue weighted by atomic mass is 9.95. The van der Waals surface area contributed by atoms with Crippen LogP contribution in [0.1, 0.15) is 48.1 Å². The Morgan fingerprint density at radius 2 is 1.17 bits per heavy atom. The fourth-order valence-electron chi connectivity index (χ4n) is 8.61. The average Bonchev–Trinajstić information content (AvgIpc) is 3.59. The topological polar surface area (TPSA) is 24.7 Å². The molecule has 0 saturated carbocycles. The predicted octanol–water partition coefficient (Wildman–Crippen LogP) is 13.5. The van der Waals surface area contributed by atoms with E-state index in [2.05, 4.69) is 214 Å². The molecule has 60 heavy (non-hydrogen) atoms. The molecule has 0 radical (unpaired) electrons. The van der Waals surface area contributed by atoms with Crippen LogP contribution < -0.4 is 10.4 Å². The molecule has 1 aliphatic rings. The predicted molar refractivity (Wildman–Crippen MR) is 258 cm³/mol. The van der Waals surface area contributed by atoms with Gasteiger partial charge in [0.15, 0.2) is 5.84 Å². The van der Waals surface area contributed by atoms with Crippen molar-refractivity contribution < 1.29 is 0 Å². The van der Waals surface area contributed by atoms with Gasteiger partial charge in [0.05, 0.1) is 5.70 Å². The highest BCUT2D eigenvalue weighted by Crippen LogP contribution is 2.43. The molecule has 0 amide bonds. The quantitative estimate of drug-likeness (QED) is 0.114. The molecule has 0 unspecified atom stereocenters. The second-order valence-corrected chi connectivity index (χ2v) is 16.2. The third kappa shape index (κ3) is 6.93. The van der Waals surface area contributed by atoms with E-state index in [9.17, 15) is 0 Å². The number of hydrogen-bond donors (Lipinski definition) is 0. The molecule has 2 nitrogen and oxygen atoms in total. The fourth-order valence-corrected chi connectivity index (χ4v) is 9.91. The van der Waals surface area contributed by atoms with Crippen LogP contribution in [0, 0.1) is 0 Å². The molecule has 3 heteroatoms. The van der Waals surface area contributed by atoms with E-state index in [4.69, 9.17) is 9.98 Å². The van der Waals surface area contributed by atoms with E-state index in [1.165, 1.54) is 69.4 Å². The first-order valence-corrected chi connectivity index (χ1v) is 21.4. The van der Waals surface area contributed by atoms with Gasteiger partial charge in [-0.1, -0.05) is 200 Å². The highest BCUT2D eigenvalue weighted by atomic mass is 32.1. The van der Waals surface area contributed by atoms with E-state index in [-0.39, 0.29) is 0 Å². The lowest BCUT2D eigenvalue weighted by molar-refractivity contribution is 1.36. The van der Waals surface area contributed by atoms with Crippen molar-refractivity contribution in [1.29, 1.82) is 0 Å². The molecule has 0 aliphatic heterocycles. The Kier molecular flexibility index (Phi) is 10.0. The van der Waals surface area contributed by atoms with Gasteiger partial charge in [-0.3, -0.25) is 0 Å². The van der Waals surface area contributed by atoms with Crippen molar-refractivity contribution in [3.8, 4) is 11.1 Å². The van der Waals surface area contributed by atoms with E-state index in [0.29, 0.717) is 5.84 Å². The van der Waals surface area contributed by atoms with Crippen molar-refractivity contribution in [2.75, 3.05) is 0 Å². The van der Waals surface area contributed by atoms with Crippen LogP contribution in [0.3, 0.4) is 0 Å². The number of allylic oxidation sites excluding steroid dienone is 3. The number of thiophene rings is 1. The molecule has 0 spiro atoms. The van der Waals surface area contributed by atoms with Gasteiger partial charge in [0.2, 0.25) is 0 Å². The Bertz CT molecular complexity index is 3310. The smallest absolute Gasteiger partial charge is 0.160 e. The van der Waals surface area contributed by atoms with Crippen LogP contribution in [-0.4, -0.2) is 11.5 Å². The van der Waals surface area contributed by atoms with Crippen LogP contribution in [0.2, 0.25) is 0 Å². The molecular weight excluding hydrogens is 745 g/mol. The first-order valence-electron chi connectivity index (χ1n) is 20.6. The van der Waals surface area contributed by atoms with Gasteiger partial charge in [-0.25, -0.2) is 9.98 Å². The summed E-state index contributed by atoms with van der Waals surface area (Å²) in [7, 11) is 0. The van der Waals surface area contributed by atoms with Gasteiger partial charge in [0.1, 0.15) is 0 Å². The second kappa shape index (κ2) is 16.2. The Morgan fingerprint density at radius 3 is 1.90 bits per heavy atom. The minimum atomic E-state index is 0.688. The first-order chi connectivity index (χ1) is 29.6. The highest BCUT2D eigenvalue weighted by Gasteiger charge is 2.20. The molecule has 1 heterocycles. The monoisotopic (exact) mass is 786 g/mol. The minimum absolute atomic E-state index is 0.688. The van der Waals surface area contributed by atoms with Crippen LogP contribution in [-0.2, 0) is 0 Å². The number of benzene rings is 8. The SMILES string of the molecule is C/C=C(\N=C(N=C(C)c1ccc(-c2ccccc2)cc1)c1cc2sc3c(C4=c5ccccc5=C(c5ccccc5)C=CC4)cccc3c2c2ccccc12)c1ccccc1. The van der Waals surface area contributed by atoms with Gasteiger partial charge in [-0.05, 0) is 92.1 Å². The molecule has 0 N–H and O–H groups in total. The van der Waals surface area contributed by atoms with E-state index in [1.807, 2.05) is 17.4 Å². The minimum Gasteiger partial charge on any atom is -0.233 e. The maximum absolute atomic E-state index is 5.42. The van der Waals surface area contributed by atoms with Gasteiger partial charge < -0.3 is 0 Å². The summed E-state index contributed by atoms with van der Waals surface area (Å²) in [5, 5.41) is 7.43. The summed E-state index contributed by atoms with van der Waals surface area (Å²) < 4.78 is 2.52. The summed E-state index contributed by atoms with van der Waals surface area (Å²) in [5.41, 5.74) is 12.4. The van der Waals surface area contributed by atoms with Crippen LogP contribution in [0.4, 0.5) is 0 Å². The number of hydrogen-bond acceptors (Lipinski definition) is 2. The summed E-state index contributed by atoms with van der Waals surface area (Å²) in [6.45, 7) is 4.14. The Morgan fingerprint density at radius 1 is 0.550 bits per heavy atom. The summed E-state index contributed by atoms with van der Waals surface area (Å²) in [5.74, 6) is 0.688. The van der Waals surface area contributed by atoms with Crippen molar-refractivity contribution in [3.05, 3.63) is 245 Å². The maximum atomic E-state index is 5.42. The number of amidine groups is 1. The number of rotatable bonds is 7. The van der Waals surface area contributed by atoms with Crippen LogP contribution in [0.5, 0.6) is 0 Å². The largest absolute Gasteiger partial charge is 0.233 e. The van der Waals surface area contributed by atoms with Crippen LogP contribution in [0.15, 0.2) is 216 Å². The molecule has 10 rings (SSSR count). The lowest BCUT2D eigenvalue weighted by Gasteiger charge is -2.12. The molecule has 0 bridgehead atoms. The zero-order valence-corrected chi connectivity index (χ0v) is 34.5. The zero-order chi connectivity index (χ0) is 40.4. The van der Waals surface area contributed by atoms with E-state index < -0.39 is 0 Å². The molecule has 8 aromatic carbocycles. The van der Waals surface area contributed by atoms with Crippen molar-refractivity contribution in [3.63, 3.8) is 0 Å². The summed E-state index contributed by atoms with van der Waals surface area (Å²) >= 11 is 1.87. The first kappa shape index (κ1) is 37.1. The van der Waals surface area contributed by atoms with E-state index >= 15 is 0 Å². The summed E-state index contributed by atoms with van der Waals surface area (Å²) in [4.78, 5) is 10.8. The Labute approximate surface area is 354 Å². The van der Waals surface area contributed by atoms with Gasteiger partial charge in [0, 0.05) is 31.4 Å². The Balaban J connectivity index is 1.19. The van der Waals surface area contributed by atoms with Gasteiger partial charge in [-0.15, -0.1) is 11.3 Å². The van der Waals surface area contributed by atoms with E-state index in [1.54, 1.807) is 0 Å². The van der Waals surface area contributed by atoms with Crippen molar-refractivity contribution in [2.24, 2.45) is 9.98 Å². The number of aliphatic imine (C=N–C) groups is 2. The van der Waals surface area contributed by atoms with Crippen molar-refractivity contribution in [2.45, 2.75) is 20.3 Å². The molecule has 0 saturated heterocycles. The van der Waals surface area contributed by atoms with E-state index in [0.717, 1.165) is 39.9 Å². The average molecular weight is 787 g/mol. The number of nitrogens with zero attached hydrogens (tertiary/aromatic N) is 2. The van der Waals surface area contributed by atoms with Gasteiger partial charge >= 0.3 is 0 Å². The van der Waals surface area contributed by atoms with Gasteiger partial charge in [-0.2, -0.15) is 0 Å². The fraction of sp³-hybridized carbons (Fsp3) is 0.0526. The zero-order valence-electron chi connectivity index (χ0n) is 33.6. The van der Waals surface area contributed by atoms with Gasteiger partial charge in [0.25, 0.3) is 0 Å².